The van der Waals surface area contributed by atoms with E-state index in [1.807, 2.05) is 121 Å². The molecule has 7 nitrogen and oxygen atoms in total. The molecule has 1 saturated heterocycles. The van der Waals surface area contributed by atoms with Crippen molar-refractivity contribution in [2.24, 2.45) is 0 Å². The summed E-state index contributed by atoms with van der Waals surface area (Å²) in [6, 6.07) is 39.7. The fourth-order valence-corrected chi connectivity index (χ4v) is 5.46. The van der Waals surface area contributed by atoms with E-state index in [1.54, 1.807) is 6.92 Å². The van der Waals surface area contributed by atoms with Gasteiger partial charge in [0.25, 0.3) is 0 Å². The van der Waals surface area contributed by atoms with Crippen LogP contribution in [0.4, 0.5) is 0 Å². The number of ether oxygens (including phenoxy) is 6. The molecule has 4 aromatic rings. The fourth-order valence-electron chi connectivity index (χ4n) is 5.46. The number of rotatable bonds is 14. The smallest absolute Gasteiger partial charge is 0.188 e. The molecule has 0 aliphatic carbocycles. The highest BCUT2D eigenvalue weighted by molar-refractivity contribution is 5.17. The second kappa shape index (κ2) is 16.1. The van der Waals surface area contributed by atoms with Crippen molar-refractivity contribution in [1.29, 1.82) is 0 Å². The van der Waals surface area contributed by atoms with Gasteiger partial charge in [0.1, 0.15) is 30.0 Å². The summed E-state index contributed by atoms with van der Waals surface area (Å²) in [7, 11) is 1.51. The van der Waals surface area contributed by atoms with E-state index in [9.17, 15) is 5.11 Å². The van der Waals surface area contributed by atoms with Gasteiger partial charge in [-0.2, -0.15) is 0 Å². The van der Waals surface area contributed by atoms with E-state index in [0.29, 0.717) is 13.2 Å². The minimum Gasteiger partial charge on any atom is -0.382 e. The summed E-state index contributed by atoms with van der Waals surface area (Å²) < 4.78 is 38.3. The Labute approximate surface area is 260 Å². The molecular weight excluding hydrogens is 556 g/mol. The Morgan fingerprint density at radius 3 is 1.45 bits per heavy atom. The number of aliphatic hydroxyl groups is 1. The van der Waals surface area contributed by atoms with Crippen molar-refractivity contribution in [3.63, 3.8) is 0 Å². The largest absolute Gasteiger partial charge is 0.382 e. The van der Waals surface area contributed by atoms with Gasteiger partial charge in [-0.1, -0.05) is 121 Å². The van der Waals surface area contributed by atoms with Gasteiger partial charge >= 0.3 is 0 Å². The van der Waals surface area contributed by atoms with Gasteiger partial charge in [-0.15, -0.1) is 0 Å². The molecule has 1 fully saturated rings. The first-order valence-corrected chi connectivity index (χ1v) is 15.0. The summed E-state index contributed by atoms with van der Waals surface area (Å²) in [5.41, 5.74) is 2.39. The Balaban J connectivity index is 1.48. The predicted octanol–water partition coefficient (Wildman–Crippen LogP) is 6.08. The molecule has 4 aromatic carbocycles. The van der Waals surface area contributed by atoms with Gasteiger partial charge in [0.05, 0.1) is 33.0 Å². The average molecular weight is 599 g/mol. The maximum absolute atomic E-state index is 12.1. The molecular formula is C37H42O7. The molecule has 1 N–H and O–H groups in total. The molecule has 0 saturated carbocycles. The van der Waals surface area contributed by atoms with Crippen molar-refractivity contribution < 1.29 is 33.5 Å². The summed E-state index contributed by atoms with van der Waals surface area (Å²) in [6.07, 6.45) is -3.99. The molecule has 0 spiro atoms. The third-order valence-corrected chi connectivity index (χ3v) is 7.79. The van der Waals surface area contributed by atoms with Crippen LogP contribution in [0.1, 0.15) is 29.2 Å². The van der Waals surface area contributed by atoms with E-state index in [0.717, 1.165) is 22.3 Å². The fraction of sp³-hybridized carbons (Fsp3) is 0.351. The first-order valence-electron chi connectivity index (χ1n) is 15.0. The molecule has 5 rings (SSSR count). The maximum atomic E-state index is 12.1. The zero-order chi connectivity index (χ0) is 30.6. The first kappa shape index (κ1) is 32.0. The third-order valence-electron chi connectivity index (χ3n) is 7.79. The molecule has 0 unspecified atom stereocenters. The van der Waals surface area contributed by atoms with Crippen LogP contribution < -0.4 is 0 Å². The Kier molecular flexibility index (Phi) is 11.7. The second-order valence-electron chi connectivity index (χ2n) is 11.2. The Bertz CT molecular complexity index is 1350. The Hall–Kier alpha value is -3.40. The molecule has 0 aromatic heterocycles. The van der Waals surface area contributed by atoms with E-state index < -0.39 is 36.3 Å². The van der Waals surface area contributed by atoms with Gasteiger partial charge in [0, 0.05) is 7.11 Å². The first-order chi connectivity index (χ1) is 21.5. The number of hydrogen-bond acceptors (Lipinski definition) is 7. The van der Waals surface area contributed by atoms with Crippen LogP contribution in [0.25, 0.3) is 0 Å². The van der Waals surface area contributed by atoms with Crippen molar-refractivity contribution in [2.45, 2.75) is 69.7 Å². The maximum Gasteiger partial charge on any atom is 0.188 e. The average Bonchev–Trinajstić information content (AvgIpc) is 3.14. The number of methoxy groups -OCH3 is 1. The summed E-state index contributed by atoms with van der Waals surface area (Å²) in [5, 5.41) is 12.1. The monoisotopic (exact) mass is 598 g/mol. The topological polar surface area (TPSA) is 75.6 Å². The quantitative estimate of drug-likeness (QED) is 0.189. The van der Waals surface area contributed by atoms with Crippen LogP contribution in [0, 0.1) is 0 Å². The van der Waals surface area contributed by atoms with Gasteiger partial charge in [0.2, 0.25) is 0 Å². The van der Waals surface area contributed by atoms with E-state index in [2.05, 4.69) is 0 Å². The van der Waals surface area contributed by atoms with E-state index in [4.69, 9.17) is 28.4 Å². The van der Waals surface area contributed by atoms with Crippen LogP contribution in [0.2, 0.25) is 0 Å². The van der Waals surface area contributed by atoms with E-state index in [1.165, 1.54) is 7.11 Å². The molecule has 0 radical (unpaired) electrons. The molecule has 0 amide bonds. The molecule has 44 heavy (non-hydrogen) atoms. The van der Waals surface area contributed by atoms with Crippen LogP contribution in [0.5, 0.6) is 0 Å². The molecule has 6 atom stereocenters. The van der Waals surface area contributed by atoms with Crippen LogP contribution in [-0.2, 0) is 54.8 Å². The molecule has 0 bridgehead atoms. The van der Waals surface area contributed by atoms with Gasteiger partial charge in [-0.25, -0.2) is 0 Å². The summed E-state index contributed by atoms with van der Waals surface area (Å²) >= 11 is 0. The normalized spacial score (nSPS) is 25.4. The highest BCUT2D eigenvalue weighted by Crippen LogP contribution is 2.36. The lowest BCUT2D eigenvalue weighted by molar-refractivity contribution is -0.270. The molecule has 1 aliphatic heterocycles. The molecule has 7 heteroatoms. The molecule has 1 aliphatic rings. The zero-order valence-corrected chi connectivity index (χ0v) is 25.4. The Morgan fingerprint density at radius 2 is 1.00 bits per heavy atom. The SMILES string of the molecule is CO[C@H]1O[C@H](COCc2ccccc2)[C@H](OCc2ccccc2)[C@H](OCc2ccccc2)[C@@H](OCc2ccccc2)[C@@]1(C)O. The van der Waals surface area contributed by atoms with E-state index in [-0.39, 0.29) is 19.8 Å². The van der Waals surface area contributed by atoms with Crippen molar-refractivity contribution in [3.05, 3.63) is 144 Å². The minimum atomic E-state index is -1.60. The minimum absolute atomic E-state index is 0.181. The van der Waals surface area contributed by atoms with Gasteiger partial charge in [-0.3, -0.25) is 0 Å². The summed E-state index contributed by atoms with van der Waals surface area (Å²) in [5.74, 6) is 0. The lowest BCUT2D eigenvalue weighted by Gasteiger charge is -2.39. The molecule has 1 heterocycles. The number of benzene rings is 4. The molecule has 232 valence electrons. The van der Waals surface area contributed by atoms with Crippen LogP contribution in [-0.4, -0.2) is 55.1 Å². The van der Waals surface area contributed by atoms with Crippen molar-refractivity contribution in [2.75, 3.05) is 13.7 Å². The van der Waals surface area contributed by atoms with E-state index >= 15 is 0 Å². The Morgan fingerprint density at radius 1 is 0.591 bits per heavy atom. The van der Waals surface area contributed by atoms with Crippen LogP contribution >= 0.6 is 0 Å². The third kappa shape index (κ3) is 8.61. The lowest BCUT2D eigenvalue weighted by Crippen LogP contribution is -2.58. The van der Waals surface area contributed by atoms with Gasteiger partial charge < -0.3 is 33.5 Å². The number of hydrogen-bond donors (Lipinski definition) is 1. The van der Waals surface area contributed by atoms with Gasteiger partial charge in [-0.05, 0) is 29.2 Å². The van der Waals surface area contributed by atoms with Crippen molar-refractivity contribution in [1.82, 2.24) is 0 Å². The summed E-state index contributed by atoms with van der Waals surface area (Å²) in [6.45, 7) is 3.08. The van der Waals surface area contributed by atoms with Crippen molar-refractivity contribution in [3.8, 4) is 0 Å². The zero-order valence-electron chi connectivity index (χ0n) is 25.4. The lowest BCUT2D eigenvalue weighted by atomic mass is 9.90. The highest BCUT2D eigenvalue weighted by Gasteiger charge is 2.55. The van der Waals surface area contributed by atoms with Crippen LogP contribution in [0.15, 0.2) is 121 Å². The predicted molar refractivity (Wildman–Crippen MR) is 167 cm³/mol. The van der Waals surface area contributed by atoms with Gasteiger partial charge in [0.15, 0.2) is 6.29 Å². The summed E-state index contributed by atoms with van der Waals surface area (Å²) in [4.78, 5) is 0. The second-order valence-corrected chi connectivity index (χ2v) is 11.2. The van der Waals surface area contributed by atoms with Crippen LogP contribution in [0.3, 0.4) is 0 Å². The standard InChI is InChI=1S/C37H42O7/c1-37(38)35(43-26-31-21-13-6-14-22-31)34(42-25-30-19-11-5-12-20-30)33(41-24-29-17-9-4-10-18-29)32(44-36(37)39-2)27-40-23-28-15-7-3-8-16-28/h3-22,32-36,38H,23-27H2,1-2H3/t32-,33+,34+,35-,36+,37-/m1/s1. The van der Waals surface area contributed by atoms with Crippen molar-refractivity contribution >= 4 is 0 Å². The highest BCUT2D eigenvalue weighted by atomic mass is 16.7.